The van der Waals surface area contributed by atoms with Crippen molar-refractivity contribution in [1.82, 2.24) is 9.47 Å². The lowest BCUT2D eigenvalue weighted by Gasteiger charge is -2.24. The summed E-state index contributed by atoms with van der Waals surface area (Å²) in [5.41, 5.74) is 1.54. The minimum Gasteiger partial charge on any atom is -0.395 e. The average Bonchev–Trinajstić information content (AvgIpc) is 3.23. The zero-order valence-electron chi connectivity index (χ0n) is 17.2. The first-order chi connectivity index (χ1) is 14.7. The topological polar surface area (TPSA) is 56.1 Å². The fourth-order valence-corrected chi connectivity index (χ4v) is 4.03. The van der Waals surface area contributed by atoms with E-state index in [2.05, 4.69) is 14.5 Å². The van der Waals surface area contributed by atoms with Crippen LogP contribution in [0.2, 0.25) is 0 Å². The van der Waals surface area contributed by atoms with Gasteiger partial charge < -0.3 is 14.4 Å². The van der Waals surface area contributed by atoms with Gasteiger partial charge in [-0.15, -0.1) is 20.1 Å². The van der Waals surface area contributed by atoms with E-state index in [4.69, 9.17) is 0 Å². The second kappa shape index (κ2) is 8.14. The number of halogens is 2. The van der Waals surface area contributed by atoms with Crippen molar-refractivity contribution in [2.45, 2.75) is 39.7 Å². The van der Waals surface area contributed by atoms with Crippen LogP contribution in [0, 0.1) is 6.92 Å². The summed E-state index contributed by atoms with van der Waals surface area (Å²) in [4.78, 5) is 20.4. The molecule has 0 unspecified atom stereocenters. The molecule has 0 aliphatic carbocycles. The first-order valence-electron chi connectivity index (χ1n) is 9.70. The van der Waals surface area contributed by atoms with Gasteiger partial charge in [0.1, 0.15) is 0 Å². The molecule has 2 aromatic carbocycles. The quantitative estimate of drug-likeness (QED) is 0.562. The third-order valence-electron chi connectivity index (χ3n) is 4.69. The zero-order valence-corrected chi connectivity index (χ0v) is 18.0. The van der Waals surface area contributed by atoms with Crippen LogP contribution in [0.3, 0.4) is 0 Å². The van der Waals surface area contributed by atoms with Gasteiger partial charge >= 0.3 is 12.3 Å². The highest BCUT2D eigenvalue weighted by atomic mass is 32.1. The van der Waals surface area contributed by atoms with E-state index in [0.29, 0.717) is 17.0 Å². The van der Waals surface area contributed by atoms with E-state index in [1.807, 2.05) is 51.1 Å². The molecule has 2 amide bonds. The van der Waals surface area contributed by atoms with Crippen molar-refractivity contribution in [1.29, 1.82) is 0 Å². The Morgan fingerprint density at radius 3 is 2.58 bits per heavy atom. The number of ether oxygens (including phenoxy) is 2. The molecule has 0 bridgehead atoms. The van der Waals surface area contributed by atoms with Crippen LogP contribution in [-0.4, -0.2) is 27.8 Å². The highest BCUT2D eigenvalue weighted by Gasteiger charge is 2.43. The molecular formula is C22H21F2N3O3S. The number of urea groups is 1. The van der Waals surface area contributed by atoms with Gasteiger partial charge in [-0.3, -0.25) is 4.57 Å². The molecule has 1 aliphatic heterocycles. The number of carbonyl (C=O) groups is 1. The Balaban J connectivity index is 1.67. The number of benzene rings is 2. The highest BCUT2D eigenvalue weighted by molar-refractivity contribution is 7.09. The van der Waals surface area contributed by atoms with E-state index in [1.54, 1.807) is 21.7 Å². The summed E-state index contributed by atoms with van der Waals surface area (Å²) < 4.78 is 37.4. The smallest absolute Gasteiger partial charge is 0.395 e. The molecule has 0 spiro atoms. The molecule has 6 nitrogen and oxygen atoms in total. The fourth-order valence-electron chi connectivity index (χ4n) is 3.20. The van der Waals surface area contributed by atoms with Gasteiger partial charge in [-0.2, -0.15) is 4.99 Å². The van der Waals surface area contributed by atoms with Crippen molar-refractivity contribution in [3.8, 4) is 17.2 Å². The number of aromatic nitrogens is 1. The number of hydrogen-bond acceptors (Lipinski definition) is 4. The fraction of sp³-hybridized carbons (Fsp3) is 0.273. The predicted octanol–water partition coefficient (Wildman–Crippen LogP) is 5.10. The predicted molar refractivity (Wildman–Crippen MR) is 113 cm³/mol. The Morgan fingerprint density at radius 1 is 1.16 bits per heavy atom. The van der Waals surface area contributed by atoms with Gasteiger partial charge in [-0.25, -0.2) is 4.79 Å². The SMILES string of the molecule is Cc1cn(-c2ccc3c(c2)OC(F)(F)O3)c(=NC(=O)N(Cc2ccccc2)C(C)C)s1. The van der Waals surface area contributed by atoms with Crippen LogP contribution in [0.5, 0.6) is 11.5 Å². The van der Waals surface area contributed by atoms with Crippen LogP contribution < -0.4 is 14.3 Å². The van der Waals surface area contributed by atoms with Gasteiger partial charge in [0.25, 0.3) is 0 Å². The molecule has 4 rings (SSSR count). The molecule has 1 aromatic heterocycles. The van der Waals surface area contributed by atoms with Crippen molar-refractivity contribution >= 4 is 17.4 Å². The summed E-state index contributed by atoms with van der Waals surface area (Å²) >= 11 is 1.33. The van der Waals surface area contributed by atoms with E-state index >= 15 is 0 Å². The molecule has 9 heteroatoms. The minimum absolute atomic E-state index is 0.0373. The van der Waals surface area contributed by atoms with E-state index in [9.17, 15) is 13.6 Å². The summed E-state index contributed by atoms with van der Waals surface area (Å²) in [5.74, 6) is -0.103. The molecule has 31 heavy (non-hydrogen) atoms. The Hall–Kier alpha value is -3.20. The molecule has 0 fully saturated rings. The maximum atomic E-state index is 13.4. The Labute approximate surface area is 182 Å². The van der Waals surface area contributed by atoms with Crippen molar-refractivity contribution in [2.24, 2.45) is 4.99 Å². The molecule has 3 aromatic rings. The van der Waals surface area contributed by atoms with Gasteiger partial charge in [0, 0.05) is 29.7 Å². The molecule has 0 atom stereocenters. The molecule has 0 radical (unpaired) electrons. The number of amides is 2. The first-order valence-corrected chi connectivity index (χ1v) is 10.5. The number of thiazole rings is 1. The summed E-state index contributed by atoms with van der Waals surface area (Å²) in [6, 6.07) is 13.7. The number of nitrogens with zero attached hydrogens (tertiary/aromatic N) is 3. The van der Waals surface area contributed by atoms with Gasteiger partial charge in [-0.1, -0.05) is 30.3 Å². The van der Waals surface area contributed by atoms with Crippen molar-refractivity contribution in [3.63, 3.8) is 0 Å². The summed E-state index contributed by atoms with van der Waals surface area (Å²) in [6.07, 6.45) is -1.89. The standard InChI is InChI=1S/C22H21F2N3O3S/c1-14(2)26(13-16-7-5-4-6-8-16)20(28)25-21-27(12-15(3)31-21)17-9-10-18-19(11-17)30-22(23,24)29-18/h4-12,14H,13H2,1-3H3. The zero-order chi connectivity index (χ0) is 22.2. The normalized spacial score (nSPS) is 14.8. The van der Waals surface area contributed by atoms with E-state index in [0.717, 1.165) is 10.4 Å². The van der Waals surface area contributed by atoms with E-state index < -0.39 is 6.29 Å². The first kappa shape index (κ1) is 21.0. The lowest BCUT2D eigenvalue weighted by atomic mass is 10.2. The number of fused-ring (bicyclic) bond motifs is 1. The summed E-state index contributed by atoms with van der Waals surface area (Å²) in [5, 5.41) is 0. The van der Waals surface area contributed by atoms with Crippen molar-refractivity contribution in [3.05, 3.63) is 70.0 Å². The van der Waals surface area contributed by atoms with Crippen LogP contribution in [0.15, 0.2) is 59.7 Å². The highest BCUT2D eigenvalue weighted by Crippen LogP contribution is 2.41. The second-order valence-electron chi connectivity index (χ2n) is 7.39. The van der Waals surface area contributed by atoms with Crippen LogP contribution in [0.25, 0.3) is 5.69 Å². The lowest BCUT2D eigenvalue weighted by Crippen LogP contribution is -2.35. The maximum Gasteiger partial charge on any atom is 0.586 e. The minimum atomic E-state index is -3.69. The molecule has 1 aliphatic rings. The lowest BCUT2D eigenvalue weighted by molar-refractivity contribution is -0.286. The maximum absolute atomic E-state index is 13.4. The monoisotopic (exact) mass is 445 g/mol. The average molecular weight is 445 g/mol. The van der Waals surface area contributed by atoms with Crippen molar-refractivity contribution < 1.29 is 23.0 Å². The molecule has 0 saturated heterocycles. The third kappa shape index (κ3) is 4.61. The Kier molecular flexibility index (Phi) is 5.53. The molecule has 0 saturated carbocycles. The Bertz CT molecular complexity index is 1170. The molecular weight excluding hydrogens is 424 g/mol. The van der Waals surface area contributed by atoms with E-state index in [-0.39, 0.29) is 23.6 Å². The van der Waals surface area contributed by atoms with Crippen LogP contribution in [-0.2, 0) is 6.54 Å². The third-order valence-corrected chi connectivity index (χ3v) is 5.59. The number of rotatable bonds is 4. The summed E-state index contributed by atoms with van der Waals surface area (Å²) in [6.45, 7) is 6.18. The van der Waals surface area contributed by atoms with Crippen molar-refractivity contribution in [2.75, 3.05) is 0 Å². The number of hydrogen-bond donors (Lipinski definition) is 0. The number of aryl methyl sites for hydroxylation is 1. The Morgan fingerprint density at radius 2 is 1.87 bits per heavy atom. The van der Waals surface area contributed by atoms with Gasteiger partial charge in [0.15, 0.2) is 16.3 Å². The number of alkyl halides is 2. The van der Waals surface area contributed by atoms with Crippen LogP contribution in [0.1, 0.15) is 24.3 Å². The second-order valence-corrected chi connectivity index (χ2v) is 8.61. The molecule has 2 heterocycles. The van der Waals surface area contributed by atoms with Gasteiger partial charge in [-0.05, 0) is 38.5 Å². The van der Waals surface area contributed by atoms with Crippen LogP contribution in [0.4, 0.5) is 13.6 Å². The van der Waals surface area contributed by atoms with Crippen LogP contribution >= 0.6 is 11.3 Å². The summed E-state index contributed by atoms with van der Waals surface area (Å²) in [7, 11) is 0. The van der Waals surface area contributed by atoms with Gasteiger partial charge in [0.05, 0.1) is 5.69 Å². The molecule has 0 N–H and O–H groups in total. The number of carbonyl (C=O) groups excluding carboxylic acids is 1. The largest absolute Gasteiger partial charge is 0.586 e. The molecule has 162 valence electrons. The van der Waals surface area contributed by atoms with Gasteiger partial charge in [0.2, 0.25) is 0 Å². The van der Waals surface area contributed by atoms with E-state index in [1.165, 1.54) is 23.5 Å².